The third-order valence-electron chi connectivity index (χ3n) is 3.07. The van der Waals surface area contributed by atoms with Crippen molar-refractivity contribution in [1.82, 2.24) is 15.5 Å². The van der Waals surface area contributed by atoms with E-state index >= 15 is 0 Å². The first-order valence-electron chi connectivity index (χ1n) is 6.01. The van der Waals surface area contributed by atoms with Crippen LogP contribution in [-0.2, 0) is 4.79 Å². The van der Waals surface area contributed by atoms with Gasteiger partial charge in [0.05, 0.1) is 0 Å². The molecule has 0 unspecified atom stereocenters. The van der Waals surface area contributed by atoms with Gasteiger partial charge in [-0.3, -0.25) is 0 Å². The molecule has 1 rings (SSSR count). The summed E-state index contributed by atoms with van der Waals surface area (Å²) in [5.41, 5.74) is 0. The fourth-order valence-electron chi connectivity index (χ4n) is 1.88. The van der Waals surface area contributed by atoms with Crippen LogP contribution in [0.4, 0.5) is 4.79 Å². The molecule has 1 atom stereocenters. The molecular formula is C11H21N3O3. The number of carbonyl (C=O) groups excluding carboxylic acids is 1. The second-order valence-corrected chi connectivity index (χ2v) is 4.49. The van der Waals surface area contributed by atoms with Crippen LogP contribution in [0.2, 0.25) is 0 Å². The normalized spacial score (nSPS) is 19.6. The first kappa shape index (κ1) is 13.8. The van der Waals surface area contributed by atoms with Crippen molar-refractivity contribution in [1.29, 1.82) is 0 Å². The van der Waals surface area contributed by atoms with E-state index in [0.717, 1.165) is 25.9 Å². The molecule has 0 spiro atoms. The molecule has 17 heavy (non-hydrogen) atoms. The third-order valence-corrected chi connectivity index (χ3v) is 3.07. The zero-order chi connectivity index (χ0) is 12.8. The number of aliphatic carboxylic acids is 1. The standard InChI is InChI=1S/C11H21N3O3/c1-3-9(10(15)16)13-11(17)12-8-4-6-14(2)7-5-8/h8-9H,3-7H2,1-2H3,(H,15,16)(H2,12,13,17)/t9-/m0/s1. The summed E-state index contributed by atoms with van der Waals surface area (Å²) < 4.78 is 0. The molecule has 1 fully saturated rings. The predicted molar refractivity (Wildman–Crippen MR) is 63.9 cm³/mol. The van der Waals surface area contributed by atoms with Crippen LogP contribution in [-0.4, -0.2) is 54.2 Å². The molecular weight excluding hydrogens is 222 g/mol. The Morgan fingerprint density at radius 3 is 2.47 bits per heavy atom. The molecule has 1 aliphatic rings. The van der Waals surface area contributed by atoms with E-state index in [1.165, 1.54) is 0 Å². The Bertz CT molecular complexity index is 275. The molecule has 1 aliphatic heterocycles. The van der Waals surface area contributed by atoms with Crippen molar-refractivity contribution in [3.63, 3.8) is 0 Å². The van der Waals surface area contributed by atoms with Gasteiger partial charge in [-0.15, -0.1) is 0 Å². The lowest BCUT2D eigenvalue weighted by Crippen LogP contribution is -2.51. The summed E-state index contributed by atoms with van der Waals surface area (Å²) in [7, 11) is 2.05. The van der Waals surface area contributed by atoms with E-state index in [-0.39, 0.29) is 12.1 Å². The molecule has 0 radical (unpaired) electrons. The van der Waals surface area contributed by atoms with Crippen molar-refractivity contribution in [3.05, 3.63) is 0 Å². The third kappa shape index (κ3) is 4.60. The van der Waals surface area contributed by atoms with E-state index in [1.807, 2.05) is 7.05 Å². The van der Waals surface area contributed by atoms with Gasteiger partial charge >= 0.3 is 12.0 Å². The van der Waals surface area contributed by atoms with E-state index in [9.17, 15) is 9.59 Å². The summed E-state index contributed by atoms with van der Waals surface area (Å²) in [5.74, 6) is -0.994. The van der Waals surface area contributed by atoms with E-state index in [1.54, 1.807) is 6.92 Å². The maximum Gasteiger partial charge on any atom is 0.326 e. The van der Waals surface area contributed by atoms with Gasteiger partial charge in [-0.25, -0.2) is 9.59 Å². The van der Waals surface area contributed by atoms with Crippen LogP contribution in [0.3, 0.4) is 0 Å². The monoisotopic (exact) mass is 243 g/mol. The van der Waals surface area contributed by atoms with Gasteiger partial charge in [0, 0.05) is 6.04 Å². The highest BCUT2D eigenvalue weighted by Gasteiger charge is 2.21. The number of carbonyl (C=O) groups is 2. The minimum absolute atomic E-state index is 0.150. The average molecular weight is 243 g/mol. The lowest BCUT2D eigenvalue weighted by molar-refractivity contribution is -0.139. The molecule has 0 saturated carbocycles. The Labute approximate surface area is 101 Å². The number of hydrogen-bond donors (Lipinski definition) is 3. The quantitative estimate of drug-likeness (QED) is 0.661. The van der Waals surface area contributed by atoms with Crippen LogP contribution >= 0.6 is 0 Å². The van der Waals surface area contributed by atoms with Gasteiger partial charge in [0.1, 0.15) is 6.04 Å². The van der Waals surface area contributed by atoms with Crippen LogP contribution in [0.5, 0.6) is 0 Å². The predicted octanol–water partition coefficient (Wildman–Crippen LogP) is 0.243. The van der Waals surface area contributed by atoms with Crippen LogP contribution < -0.4 is 10.6 Å². The highest BCUT2D eigenvalue weighted by Crippen LogP contribution is 2.07. The minimum atomic E-state index is -0.994. The van der Waals surface area contributed by atoms with Crippen molar-refractivity contribution in [2.45, 2.75) is 38.3 Å². The van der Waals surface area contributed by atoms with Gasteiger partial charge < -0.3 is 20.6 Å². The largest absolute Gasteiger partial charge is 0.480 e. The van der Waals surface area contributed by atoms with Crippen molar-refractivity contribution in [3.8, 4) is 0 Å². The Kier molecular flexibility index (Phi) is 5.21. The number of urea groups is 1. The molecule has 98 valence electrons. The Morgan fingerprint density at radius 1 is 1.41 bits per heavy atom. The van der Waals surface area contributed by atoms with E-state index in [4.69, 9.17) is 5.11 Å². The average Bonchev–Trinajstić information content (AvgIpc) is 2.28. The maximum absolute atomic E-state index is 11.6. The highest BCUT2D eigenvalue weighted by molar-refractivity contribution is 5.82. The van der Waals surface area contributed by atoms with Crippen LogP contribution in [0, 0.1) is 0 Å². The lowest BCUT2D eigenvalue weighted by atomic mass is 10.1. The number of rotatable bonds is 4. The lowest BCUT2D eigenvalue weighted by Gasteiger charge is -2.29. The summed E-state index contributed by atoms with van der Waals surface area (Å²) in [5, 5.41) is 14.1. The van der Waals surface area contributed by atoms with Crippen LogP contribution in [0.25, 0.3) is 0 Å². The van der Waals surface area contributed by atoms with Gasteiger partial charge in [-0.05, 0) is 39.4 Å². The molecule has 0 bridgehead atoms. The second kappa shape index (κ2) is 6.44. The number of hydrogen-bond acceptors (Lipinski definition) is 3. The van der Waals surface area contributed by atoms with Crippen molar-refractivity contribution >= 4 is 12.0 Å². The molecule has 1 saturated heterocycles. The van der Waals surface area contributed by atoms with Crippen molar-refractivity contribution in [2.24, 2.45) is 0 Å². The first-order valence-corrected chi connectivity index (χ1v) is 6.01. The van der Waals surface area contributed by atoms with Gasteiger partial charge in [0.2, 0.25) is 0 Å². The highest BCUT2D eigenvalue weighted by atomic mass is 16.4. The number of piperidine rings is 1. The molecule has 6 nitrogen and oxygen atoms in total. The summed E-state index contributed by atoms with van der Waals surface area (Å²) >= 11 is 0. The maximum atomic E-state index is 11.6. The number of carboxylic acids is 1. The SMILES string of the molecule is CC[C@H](NC(=O)NC1CCN(C)CC1)C(=O)O. The van der Waals surface area contributed by atoms with Crippen LogP contribution in [0.15, 0.2) is 0 Å². The molecule has 2 amide bonds. The van der Waals surface area contributed by atoms with Gasteiger partial charge in [-0.2, -0.15) is 0 Å². The number of nitrogens with zero attached hydrogens (tertiary/aromatic N) is 1. The Morgan fingerprint density at radius 2 is 2.00 bits per heavy atom. The topological polar surface area (TPSA) is 81.7 Å². The van der Waals surface area contributed by atoms with Crippen molar-refractivity contribution in [2.75, 3.05) is 20.1 Å². The first-order chi connectivity index (χ1) is 8.02. The van der Waals surface area contributed by atoms with E-state index < -0.39 is 12.0 Å². The fourth-order valence-corrected chi connectivity index (χ4v) is 1.88. The summed E-state index contributed by atoms with van der Waals surface area (Å²) in [6.45, 7) is 3.65. The fraction of sp³-hybridized carbons (Fsp3) is 0.818. The molecule has 0 aliphatic carbocycles. The van der Waals surface area contributed by atoms with Gasteiger partial charge in [0.15, 0.2) is 0 Å². The molecule has 1 heterocycles. The van der Waals surface area contributed by atoms with Gasteiger partial charge in [0.25, 0.3) is 0 Å². The zero-order valence-electron chi connectivity index (χ0n) is 10.4. The van der Waals surface area contributed by atoms with E-state index in [2.05, 4.69) is 15.5 Å². The Balaban J connectivity index is 2.31. The van der Waals surface area contributed by atoms with Crippen LogP contribution in [0.1, 0.15) is 26.2 Å². The minimum Gasteiger partial charge on any atom is -0.480 e. The summed E-state index contributed by atoms with van der Waals surface area (Å²) in [6, 6.07) is -1.03. The number of carboxylic acid groups (broad SMARTS) is 1. The molecule has 3 N–H and O–H groups in total. The summed E-state index contributed by atoms with van der Waals surface area (Å²) in [6.07, 6.45) is 2.21. The number of amides is 2. The Hall–Kier alpha value is -1.30. The van der Waals surface area contributed by atoms with Crippen molar-refractivity contribution < 1.29 is 14.7 Å². The molecule has 0 aromatic carbocycles. The molecule has 0 aromatic rings. The number of nitrogens with one attached hydrogen (secondary N) is 2. The van der Waals surface area contributed by atoms with E-state index in [0.29, 0.717) is 6.42 Å². The summed E-state index contributed by atoms with van der Waals surface area (Å²) in [4.78, 5) is 24.5. The molecule has 6 heteroatoms. The smallest absolute Gasteiger partial charge is 0.326 e. The number of likely N-dealkylation sites (tertiary alicyclic amines) is 1. The zero-order valence-corrected chi connectivity index (χ0v) is 10.4. The molecule has 0 aromatic heterocycles. The second-order valence-electron chi connectivity index (χ2n) is 4.49. The van der Waals surface area contributed by atoms with Gasteiger partial charge in [-0.1, -0.05) is 6.92 Å².